The van der Waals surface area contributed by atoms with Gasteiger partial charge in [-0.2, -0.15) is 5.10 Å². The number of pyridine rings is 1. The average molecular weight is 309 g/mol. The Bertz CT molecular complexity index is 912. The third-order valence-electron chi connectivity index (χ3n) is 3.33. The summed E-state index contributed by atoms with van der Waals surface area (Å²) >= 11 is 1.54. The van der Waals surface area contributed by atoms with Crippen LogP contribution in [0.15, 0.2) is 36.2 Å². The third kappa shape index (κ3) is 2.01. The number of H-pyrrole nitrogens is 1. The second-order valence-electron chi connectivity index (χ2n) is 4.59. The highest BCUT2D eigenvalue weighted by Crippen LogP contribution is 2.34. The van der Waals surface area contributed by atoms with E-state index in [9.17, 15) is 0 Å². The summed E-state index contributed by atoms with van der Waals surface area (Å²) in [6.45, 7) is 0. The van der Waals surface area contributed by atoms with E-state index in [1.807, 2.05) is 30.9 Å². The molecule has 0 amide bonds. The molecule has 0 aliphatic rings. The number of anilines is 1. The van der Waals surface area contributed by atoms with Crippen LogP contribution in [0, 0.1) is 0 Å². The number of nitrogens with one attached hydrogen (secondary N) is 2. The van der Waals surface area contributed by atoms with E-state index >= 15 is 0 Å². The molecule has 0 saturated heterocycles. The van der Waals surface area contributed by atoms with E-state index in [2.05, 4.69) is 35.7 Å². The first-order chi connectivity index (χ1) is 10.9. The van der Waals surface area contributed by atoms with Gasteiger partial charge in [-0.05, 0) is 12.1 Å². The van der Waals surface area contributed by atoms with Gasteiger partial charge in [-0.25, -0.2) is 4.98 Å². The Morgan fingerprint density at radius 3 is 2.82 bits per heavy atom. The Morgan fingerprint density at radius 1 is 1.14 bits per heavy atom. The average Bonchev–Trinajstić information content (AvgIpc) is 3.25. The van der Waals surface area contributed by atoms with Crippen LogP contribution in [0.4, 0.5) is 5.82 Å². The van der Waals surface area contributed by atoms with E-state index in [0.29, 0.717) is 0 Å². The van der Waals surface area contributed by atoms with E-state index in [4.69, 9.17) is 0 Å². The first kappa shape index (κ1) is 12.8. The van der Waals surface area contributed by atoms with E-state index in [-0.39, 0.29) is 0 Å². The first-order valence-electron chi connectivity index (χ1n) is 6.60. The molecule has 0 fully saturated rings. The van der Waals surface area contributed by atoms with Crippen molar-refractivity contribution in [1.29, 1.82) is 0 Å². The Morgan fingerprint density at radius 2 is 2.09 bits per heavy atom. The van der Waals surface area contributed by atoms with Crippen LogP contribution in [-0.2, 0) is 0 Å². The summed E-state index contributed by atoms with van der Waals surface area (Å²) in [5.74, 6) is 0.722. The molecule has 0 aromatic carbocycles. The summed E-state index contributed by atoms with van der Waals surface area (Å²) in [6.07, 6.45) is 5.39. The summed E-state index contributed by atoms with van der Waals surface area (Å²) in [4.78, 5) is 9.04. The van der Waals surface area contributed by atoms with E-state index in [1.165, 1.54) is 0 Å². The normalized spacial score (nSPS) is 11.0. The minimum atomic E-state index is 0.722. The molecule has 8 heteroatoms. The lowest BCUT2D eigenvalue weighted by Gasteiger charge is -2.05. The highest BCUT2D eigenvalue weighted by Gasteiger charge is 2.15. The van der Waals surface area contributed by atoms with Gasteiger partial charge in [0.25, 0.3) is 0 Å². The van der Waals surface area contributed by atoms with Crippen LogP contribution in [0.25, 0.3) is 32.7 Å². The molecule has 7 nitrogen and oxygen atoms in total. The molecule has 4 heterocycles. The van der Waals surface area contributed by atoms with Gasteiger partial charge in [0.2, 0.25) is 0 Å². The molecule has 0 spiro atoms. The molecule has 2 N–H and O–H groups in total. The largest absolute Gasteiger partial charge is 0.372 e. The van der Waals surface area contributed by atoms with Crippen LogP contribution >= 0.6 is 11.3 Å². The van der Waals surface area contributed by atoms with Crippen molar-refractivity contribution in [2.75, 3.05) is 12.4 Å². The van der Waals surface area contributed by atoms with Gasteiger partial charge in [0.15, 0.2) is 0 Å². The summed E-state index contributed by atoms with van der Waals surface area (Å²) in [6, 6.07) is 3.78. The highest BCUT2D eigenvalue weighted by atomic mass is 32.1. The van der Waals surface area contributed by atoms with Gasteiger partial charge in [-0.15, -0.1) is 21.5 Å². The lowest BCUT2D eigenvalue weighted by molar-refractivity contribution is 1.03. The van der Waals surface area contributed by atoms with Crippen LogP contribution in [0.3, 0.4) is 0 Å². The van der Waals surface area contributed by atoms with Crippen LogP contribution in [0.2, 0.25) is 0 Å². The lowest BCUT2D eigenvalue weighted by Crippen LogP contribution is -1.96. The van der Waals surface area contributed by atoms with Crippen molar-refractivity contribution in [3.8, 4) is 22.5 Å². The SMILES string of the molecule is CNc1ccc(-c2ncc(-c3cn[nH]c3)c3ncsc23)nn1. The smallest absolute Gasteiger partial charge is 0.148 e. The Kier molecular flexibility index (Phi) is 3.01. The van der Waals surface area contributed by atoms with Gasteiger partial charge in [0, 0.05) is 30.6 Å². The molecule has 4 rings (SSSR count). The molecular weight excluding hydrogens is 298 g/mol. The quantitative estimate of drug-likeness (QED) is 0.604. The zero-order valence-electron chi connectivity index (χ0n) is 11.6. The van der Waals surface area contributed by atoms with E-state index < -0.39 is 0 Å². The molecule has 0 aliphatic heterocycles. The molecule has 4 aromatic rings. The molecular formula is C14H11N7S. The summed E-state index contributed by atoms with van der Waals surface area (Å²) in [7, 11) is 1.81. The van der Waals surface area contributed by atoms with Gasteiger partial charge in [0.05, 0.1) is 21.9 Å². The van der Waals surface area contributed by atoms with Gasteiger partial charge >= 0.3 is 0 Å². The van der Waals surface area contributed by atoms with Gasteiger partial charge in [-0.3, -0.25) is 10.1 Å². The second kappa shape index (κ2) is 5.15. The number of rotatable bonds is 3. The fourth-order valence-corrected chi connectivity index (χ4v) is 3.05. The summed E-state index contributed by atoms with van der Waals surface area (Å²) < 4.78 is 0.991. The van der Waals surface area contributed by atoms with Crippen LogP contribution in [0.1, 0.15) is 0 Å². The van der Waals surface area contributed by atoms with Crippen molar-refractivity contribution in [3.05, 3.63) is 36.2 Å². The van der Waals surface area contributed by atoms with Gasteiger partial charge in [0.1, 0.15) is 17.2 Å². The minimum absolute atomic E-state index is 0.722. The Hall–Kier alpha value is -2.87. The predicted octanol–water partition coefficient (Wildman–Crippen LogP) is 2.58. The van der Waals surface area contributed by atoms with E-state index in [0.717, 1.165) is 38.5 Å². The third-order valence-corrected chi connectivity index (χ3v) is 4.17. The lowest BCUT2D eigenvalue weighted by atomic mass is 10.1. The van der Waals surface area contributed by atoms with Gasteiger partial charge < -0.3 is 5.32 Å². The van der Waals surface area contributed by atoms with Crippen molar-refractivity contribution in [2.45, 2.75) is 0 Å². The molecule has 4 aromatic heterocycles. The molecule has 108 valence electrons. The number of aromatic amines is 1. The number of fused-ring (bicyclic) bond motifs is 1. The number of hydrogen-bond acceptors (Lipinski definition) is 7. The zero-order chi connectivity index (χ0) is 14.9. The predicted molar refractivity (Wildman–Crippen MR) is 85.6 cm³/mol. The van der Waals surface area contributed by atoms with Crippen molar-refractivity contribution >= 4 is 27.4 Å². The van der Waals surface area contributed by atoms with Crippen molar-refractivity contribution in [3.63, 3.8) is 0 Å². The molecule has 0 aliphatic carbocycles. The van der Waals surface area contributed by atoms with Crippen molar-refractivity contribution in [2.24, 2.45) is 0 Å². The second-order valence-corrected chi connectivity index (χ2v) is 5.45. The molecule has 0 unspecified atom stereocenters. The van der Waals surface area contributed by atoms with Crippen molar-refractivity contribution < 1.29 is 0 Å². The Labute approximate surface area is 129 Å². The molecule has 0 saturated carbocycles. The summed E-state index contributed by atoms with van der Waals surface area (Å²) in [5.41, 5.74) is 6.15. The topological polar surface area (TPSA) is 92.3 Å². The number of thiazole rings is 1. The standard InChI is InChI=1S/C14H11N7S/c1-15-11-3-2-10(20-21-11)13-14-12(17-7-22-14)9(6-16-13)8-4-18-19-5-8/h2-7H,1H3,(H,15,21)(H,18,19). The highest BCUT2D eigenvalue weighted by molar-refractivity contribution is 7.17. The number of hydrogen-bond donors (Lipinski definition) is 2. The van der Waals surface area contributed by atoms with Crippen molar-refractivity contribution in [1.82, 2.24) is 30.4 Å². The van der Waals surface area contributed by atoms with Crippen LogP contribution in [0.5, 0.6) is 0 Å². The Balaban J connectivity index is 1.89. The maximum absolute atomic E-state index is 4.57. The number of aromatic nitrogens is 6. The van der Waals surface area contributed by atoms with Crippen LogP contribution in [-0.4, -0.2) is 37.4 Å². The minimum Gasteiger partial charge on any atom is -0.372 e. The zero-order valence-corrected chi connectivity index (χ0v) is 12.4. The molecule has 0 bridgehead atoms. The monoisotopic (exact) mass is 309 g/mol. The number of nitrogens with zero attached hydrogens (tertiary/aromatic N) is 5. The van der Waals surface area contributed by atoms with Gasteiger partial charge in [-0.1, -0.05) is 0 Å². The molecule has 0 radical (unpaired) electrons. The first-order valence-corrected chi connectivity index (χ1v) is 7.48. The fraction of sp³-hybridized carbons (Fsp3) is 0.0714. The maximum Gasteiger partial charge on any atom is 0.148 e. The maximum atomic E-state index is 4.57. The molecule has 0 atom stereocenters. The van der Waals surface area contributed by atoms with Crippen LogP contribution < -0.4 is 5.32 Å². The fourth-order valence-electron chi connectivity index (χ4n) is 2.24. The summed E-state index contributed by atoms with van der Waals surface area (Å²) in [5, 5.41) is 18.1. The van der Waals surface area contributed by atoms with E-state index in [1.54, 1.807) is 23.7 Å². The molecule has 22 heavy (non-hydrogen) atoms.